The lowest BCUT2D eigenvalue weighted by atomic mass is 10.1. The molecule has 0 N–H and O–H groups in total. The van der Waals surface area contributed by atoms with Crippen LogP contribution < -0.4 is 0 Å². The van der Waals surface area contributed by atoms with Crippen LogP contribution in [0.25, 0.3) is 0 Å². The molecule has 1 heteroatoms. The van der Waals surface area contributed by atoms with Gasteiger partial charge in [-0.15, -0.1) is 0 Å². The standard InChI is InChI=1S/C12H25N/c1-5-13(8-10(2)3)9-11(4)12-6-7-12/h10-12H,5-9H2,1-4H3. The number of rotatable bonds is 6. The molecule has 1 nitrogen and oxygen atoms in total. The molecule has 0 aromatic heterocycles. The van der Waals surface area contributed by atoms with Crippen molar-refractivity contribution in [2.75, 3.05) is 19.6 Å². The molecule has 1 fully saturated rings. The zero-order valence-electron chi connectivity index (χ0n) is 9.71. The minimum absolute atomic E-state index is 0.811. The van der Waals surface area contributed by atoms with E-state index in [9.17, 15) is 0 Å². The maximum Gasteiger partial charge on any atom is 0.000966 e. The highest BCUT2D eigenvalue weighted by molar-refractivity contribution is 4.80. The highest BCUT2D eigenvalue weighted by atomic mass is 15.1. The summed E-state index contributed by atoms with van der Waals surface area (Å²) in [5.41, 5.74) is 0. The molecule has 1 rings (SSSR count). The molecule has 1 aliphatic rings. The van der Waals surface area contributed by atoms with Crippen molar-refractivity contribution < 1.29 is 0 Å². The van der Waals surface area contributed by atoms with Gasteiger partial charge in [-0.05, 0) is 37.1 Å². The highest BCUT2D eigenvalue weighted by Gasteiger charge is 2.28. The van der Waals surface area contributed by atoms with Crippen LogP contribution in [-0.2, 0) is 0 Å². The first-order valence-corrected chi connectivity index (χ1v) is 5.85. The lowest BCUT2D eigenvalue weighted by Crippen LogP contribution is -2.32. The van der Waals surface area contributed by atoms with E-state index in [2.05, 4.69) is 32.6 Å². The molecule has 0 aliphatic heterocycles. The van der Waals surface area contributed by atoms with Gasteiger partial charge in [0, 0.05) is 13.1 Å². The second kappa shape index (κ2) is 4.99. The fourth-order valence-corrected chi connectivity index (χ4v) is 2.07. The molecule has 1 aliphatic carbocycles. The topological polar surface area (TPSA) is 3.24 Å². The van der Waals surface area contributed by atoms with Crippen LogP contribution in [0.2, 0.25) is 0 Å². The molecule has 1 unspecified atom stereocenters. The second-order valence-corrected chi connectivity index (χ2v) is 5.06. The van der Waals surface area contributed by atoms with Gasteiger partial charge >= 0.3 is 0 Å². The van der Waals surface area contributed by atoms with Gasteiger partial charge in [0.15, 0.2) is 0 Å². The molecule has 0 aromatic carbocycles. The van der Waals surface area contributed by atoms with Crippen molar-refractivity contribution in [3.05, 3.63) is 0 Å². The van der Waals surface area contributed by atoms with Crippen molar-refractivity contribution in [1.82, 2.24) is 4.90 Å². The number of hydrogen-bond donors (Lipinski definition) is 0. The fourth-order valence-electron chi connectivity index (χ4n) is 2.07. The molecule has 0 bridgehead atoms. The van der Waals surface area contributed by atoms with Crippen LogP contribution in [0, 0.1) is 17.8 Å². The Morgan fingerprint density at radius 1 is 1.15 bits per heavy atom. The third-order valence-electron chi connectivity index (χ3n) is 3.04. The van der Waals surface area contributed by atoms with Crippen LogP contribution in [-0.4, -0.2) is 24.5 Å². The maximum absolute atomic E-state index is 2.60. The first kappa shape index (κ1) is 11.0. The van der Waals surface area contributed by atoms with E-state index in [0.717, 1.165) is 17.8 Å². The Kier molecular flexibility index (Phi) is 4.24. The normalized spacial score (nSPS) is 19.8. The molecule has 1 atom stereocenters. The number of nitrogens with zero attached hydrogens (tertiary/aromatic N) is 1. The Balaban J connectivity index is 2.21. The minimum Gasteiger partial charge on any atom is -0.303 e. The first-order chi connectivity index (χ1) is 6.13. The predicted molar refractivity (Wildman–Crippen MR) is 58.8 cm³/mol. The Morgan fingerprint density at radius 3 is 2.15 bits per heavy atom. The third-order valence-corrected chi connectivity index (χ3v) is 3.04. The highest BCUT2D eigenvalue weighted by Crippen LogP contribution is 2.36. The molecular formula is C12H25N. The van der Waals surface area contributed by atoms with Crippen LogP contribution in [0.4, 0.5) is 0 Å². The average Bonchev–Trinajstić information content (AvgIpc) is 2.84. The largest absolute Gasteiger partial charge is 0.303 e. The summed E-state index contributed by atoms with van der Waals surface area (Å²) in [5, 5.41) is 0. The Hall–Kier alpha value is -0.0400. The Labute approximate surface area is 83.5 Å². The molecule has 13 heavy (non-hydrogen) atoms. The van der Waals surface area contributed by atoms with Gasteiger partial charge in [0.05, 0.1) is 0 Å². The SMILES string of the molecule is CCN(CC(C)C)CC(C)C1CC1. The van der Waals surface area contributed by atoms with Crippen LogP contribution >= 0.6 is 0 Å². The molecule has 0 spiro atoms. The lowest BCUT2D eigenvalue weighted by molar-refractivity contribution is 0.214. The lowest BCUT2D eigenvalue weighted by Gasteiger charge is -2.25. The van der Waals surface area contributed by atoms with E-state index in [1.807, 2.05) is 0 Å². The van der Waals surface area contributed by atoms with Gasteiger partial charge in [0.2, 0.25) is 0 Å². The van der Waals surface area contributed by atoms with E-state index in [4.69, 9.17) is 0 Å². The monoisotopic (exact) mass is 183 g/mol. The molecule has 0 saturated heterocycles. The summed E-state index contributed by atoms with van der Waals surface area (Å²) < 4.78 is 0. The fraction of sp³-hybridized carbons (Fsp3) is 1.00. The van der Waals surface area contributed by atoms with Crippen LogP contribution in [0.15, 0.2) is 0 Å². The summed E-state index contributed by atoms with van der Waals surface area (Å²) in [6, 6.07) is 0. The van der Waals surface area contributed by atoms with Crippen LogP contribution in [0.5, 0.6) is 0 Å². The summed E-state index contributed by atoms with van der Waals surface area (Å²) >= 11 is 0. The van der Waals surface area contributed by atoms with Crippen LogP contribution in [0.1, 0.15) is 40.5 Å². The molecule has 0 heterocycles. The quantitative estimate of drug-likeness (QED) is 0.612. The van der Waals surface area contributed by atoms with Crippen molar-refractivity contribution in [2.24, 2.45) is 17.8 Å². The molecule has 0 radical (unpaired) electrons. The van der Waals surface area contributed by atoms with E-state index in [0.29, 0.717) is 0 Å². The zero-order valence-corrected chi connectivity index (χ0v) is 9.71. The summed E-state index contributed by atoms with van der Waals surface area (Å²) in [6.45, 7) is 13.1. The van der Waals surface area contributed by atoms with Crippen LogP contribution in [0.3, 0.4) is 0 Å². The van der Waals surface area contributed by atoms with E-state index in [1.54, 1.807) is 0 Å². The third kappa shape index (κ3) is 4.12. The Morgan fingerprint density at radius 2 is 1.77 bits per heavy atom. The molecule has 0 amide bonds. The molecular weight excluding hydrogens is 158 g/mol. The van der Waals surface area contributed by atoms with Crippen molar-refractivity contribution >= 4 is 0 Å². The first-order valence-electron chi connectivity index (χ1n) is 5.85. The second-order valence-electron chi connectivity index (χ2n) is 5.06. The van der Waals surface area contributed by atoms with E-state index in [-0.39, 0.29) is 0 Å². The van der Waals surface area contributed by atoms with Crippen molar-refractivity contribution in [3.8, 4) is 0 Å². The van der Waals surface area contributed by atoms with Gasteiger partial charge < -0.3 is 4.90 Å². The van der Waals surface area contributed by atoms with Gasteiger partial charge in [0.25, 0.3) is 0 Å². The summed E-state index contributed by atoms with van der Waals surface area (Å²) in [7, 11) is 0. The summed E-state index contributed by atoms with van der Waals surface area (Å²) in [5.74, 6) is 2.80. The number of hydrogen-bond acceptors (Lipinski definition) is 1. The molecule has 0 aromatic rings. The zero-order chi connectivity index (χ0) is 9.84. The van der Waals surface area contributed by atoms with E-state index >= 15 is 0 Å². The maximum atomic E-state index is 2.60. The van der Waals surface area contributed by atoms with Gasteiger partial charge in [-0.2, -0.15) is 0 Å². The molecule has 1 saturated carbocycles. The Bertz CT molecular complexity index is 138. The average molecular weight is 183 g/mol. The van der Waals surface area contributed by atoms with E-state index in [1.165, 1.54) is 32.5 Å². The van der Waals surface area contributed by atoms with Gasteiger partial charge in [-0.1, -0.05) is 27.7 Å². The predicted octanol–water partition coefficient (Wildman–Crippen LogP) is 3.01. The van der Waals surface area contributed by atoms with Crippen molar-refractivity contribution in [2.45, 2.75) is 40.5 Å². The smallest absolute Gasteiger partial charge is 0.000966 e. The van der Waals surface area contributed by atoms with Gasteiger partial charge in [-0.25, -0.2) is 0 Å². The summed E-state index contributed by atoms with van der Waals surface area (Å²) in [6.07, 6.45) is 2.97. The van der Waals surface area contributed by atoms with E-state index < -0.39 is 0 Å². The molecule has 78 valence electrons. The van der Waals surface area contributed by atoms with Gasteiger partial charge in [0.1, 0.15) is 0 Å². The van der Waals surface area contributed by atoms with Crippen molar-refractivity contribution in [1.29, 1.82) is 0 Å². The van der Waals surface area contributed by atoms with Gasteiger partial charge in [-0.3, -0.25) is 0 Å². The minimum atomic E-state index is 0.811. The summed E-state index contributed by atoms with van der Waals surface area (Å²) in [4.78, 5) is 2.60. The van der Waals surface area contributed by atoms with Crippen molar-refractivity contribution in [3.63, 3.8) is 0 Å².